The third-order valence-electron chi connectivity index (χ3n) is 4.42. The molecule has 2 atom stereocenters. The number of hydrogen-bond acceptors (Lipinski definition) is 3. The number of amides is 1. The summed E-state index contributed by atoms with van der Waals surface area (Å²) < 4.78 is 13.9. The van der Waals surface area contributed by atoms with E-state index in [9.17, 15) is 14.3 Å². The van der Waals surface area contributed by atoms with E-state index in [4.69, 9.17) is 0 Å². The third-order valence-corrected chi connectivity index (χ3v) is 4.42. The molecule has 0 spiro atoms. The number of nitrogens with zero attached hydrogens (tertiary/aromatic N) is 1. The zero-order valence-electron chi connectivity index (χ0n) is 12.8. The maximum absolute atomic E-state index is 13.9. The lowest BCUT2D eigenvalue weighted by Gasteiger charge is -2.27. The summed E-state index contributed by atoms with van der Waals surface area (Å²) in [6.45, 7) is 0.419. The molecule has 1 aliphatic rings. The van der Waals surface area contributed by atoms with Crippen LogP contribution in [0.3, 0.4) is 0 Å². The van der Waals surface area contributed by atoms with Gasteiger partial charge >= 0.3 is 0 Å². The van der Waals surface area contributed by atoms with E-state index in [1.807, 2.05) is 0 Å². The molecule has 2 aromatic rings. The first-order valence-electron chi connectivity index (χ1n) is 7.91. The molecule has 0 radical (unpaired) electrons. The molecule has 23 heavy (non-hydrogen) atoms. The predicted octanol–water partition coefficient (Wildman–Crippen LogP) is 2.50. The van der Waals surface area contributed by atoms with Crippen LogP contribution in [-0.4, -0.2) is 33.9 Å². The minimum absolute atomic E-state index is 0.0801. The summed E-state index contributed by atoms with van der Waals surface area (Å²) >= 11 is 0. The van der Waals surface area contributed by atoms with Gasteiger partial charge in [0.15, 0.2) is 0 Å². The van der Waals surface area contributed by atoms with Crippen molar-refractivity contribution in [3.63, 3.8) is 0 Å². The number of carbonyl (C=O) groups is 1. The summed E-state index contributed by atoms with van der Waals surface area (Å²) in [5.74, 6) is -0.639. The van der Waals surface area contributed by atoms with Gasteiger partial charge in [0.1, 0.15) is 5.82 Å². The minimum Gasteiger partial charge on any atom is -0.393 e. The van der Waals surface area contributed by atoms with E-state index >= 15 is 0 Å². The average Bonchev–Trinajstić information content (AvgIpc) is 3.04. The number of nitrogens with one attached hydrogen (secondary N) is 2. The number of aromatic amines is 1. The fourth-order valence-electron chi connectivity index (χ4n) is 3.07. The van der Waals surface area contributed by atoms with Gasteiger partial charge in [-0.2, -0.15) is 5.10 Å². The summed E-state index contributed by atoms with van der Waals surface area (Å²) in [5.41, 5.74) is 0.984. The Morgan fingerprint density at radius 1 is 1.35 bits per heavy atom. The van der Waals surface area contributed by atoms with Crippen LogP contribution >= 0.6 is 0 Å². The van der Waals surface area contributed by atoms with Crippen LogP contribution in [-0.2, 0) is 0 Å². The van der Waals surface area contributed by atoms with Crippen LogP contribution in [0.5, 0.6) is 0 Å². The fraction of sp³-hybridized carbons (Fsp3) is 0.412. The highest BCUT2D eigenvalue weighted by Gasteiger charge is 2.24. The van der Waals surface area contributed by atoms with Gasteiger partial charge < -0.3 is 10.4 Å². The Morgan fingerprint density at radius 2 is 2.13 bits per heavy atom. The number of carbonyl (C=O) groups excluding carboxylic acids is 1. The van der Waals surface area contributed by atoms with Crippen molar-refractivity contribution in [2.45, 2.75) is 31.8 Å². The summed E-state index contributed by atoms with van der Waals surface area (Å²) in [6, 6.07) is 6.25. The summed E-state index contributed by atoms with van der Waals surface area (Å²) in [7, 11) is 0. The molecular formula is C17H20FN3O2. The van der Waals surface area contributed by atoms with Crippen molar-refractivity contribution >= 4 is 5.91 Å². The number of hydrogen-bond donors (Lipinski definition) is 3. The van der Waals surface area contributed by atoms with Gasteiger partial charge in [-0.05, 0) is 25.0 Å². The molecule has 1 aromatic heterocycles. The van der Waals surface area contributed by atoms with Gasteiger partial charge in [-0.3, -0.25) is 9.89 Å². The fourth-order valence-corrected chi connectivity index (χ4v) is 3.07. The molecule has 122 valence electrons. The Bertz CT molecular complexity index is 686. The standard InChI is InChI=1S/C17H20FN3O2/c18-14-7-3-2-6-12(14)16-13(10-20-21-16)17(23)19-9-11-5-1-4-8-15(11)22/h2-3,6-7,10-11,15,22H,1,4-5,8-9H2,(H,19,23)(H,20,21)/t11-,15-/m0/s1. The van der Waals surface area contributed by atoms with Crippen molar-refractivity contribution < 1.29 is 14.3 Å². The Labute approximate surface area is 133 Å². The van der Waals surface area contributed by atoms with E-state index < -0.39 is 5.82 Å². The number of aliphatic hydroxyl groups excluding tert-OH is 1. The van der Waals surface area contributed by atoms with Gasteiger partial charge in [-0.1, -0.05) is 25.0 Å². The first-order valence-corrected chi connectivity index (χ1v) is 7.91. The largest absolute Gasteiger partial charge is 0.393 e. The molecule has 3 rings (SSSR count). The van der Waals surface area contributed by atoms with Crippen LogP contribution in [0.1, 0.15) is 36.0 Å². The highest BCUT2D eigenvalue weighted by molar-refractivity contribution is 5.99. The second-order valence-electron chi connectivity index (χ2n) is 5.96. The highest BCUT2D eigenvalue weighted by atomic mass is 19.1. The second-order valence-corrected chi connectivity index (χ2v) is 5.96. The van der Waals surface area contributed by atoms with E-state index in [1.165, 1.54) is 12.3 Å². The average molecular weight is 317 g/mol. The maximum atomic E-state index is 13.9. The van der Waals surface area contributed by atoms with Crippen molar-refractivity contribution in [2.24, 2.45) is 5.92 Å². The molecule has 1 heterocycles. The quantitative estimate of drug-likeness (QED) is 0.811. The van der Waals surface area contributed by atoms with Crippen molar-refractivity contribution in [2.75, 3.05) is 6.54 Å². The van der Waals surface area contributed by atoms with Gasteiger partial charge in [0.25, 0.3) is 5.91 Å². The third kappa shape index (κ3) is 3.42. The number of rotatable bonds is 4. The Hall–Kier alpha value is -2.21. The molecule has 1 aliphatic carbocycles. The van der Waals surface area contributed by atoms with Crippen LogP contribution in [0, 0.1) is 11.7 Å². The topological polar surface area (TPSA) is 78.0 Å². The molecule has 5 nitrogen and oxygen atoms in total. The Kier molecular flexibility index (Phi) is 4.71. The molecule has 1 amide bonds. The lowest BCUT2D eigenvalue weighted by molar-refractivity contribution is 0.0663. The van der Waals surface area contributed by atoms with E-state index in [2.05, 4.69) is 15.5 Å². The van der Waals surface area contributed by atoms with E-state index in [-0.39, 0.29) is 17.9 Å². The number of benzene rings is 1. The van der Waals surface area contributed by atoms with Gasteiger partial charge in [0.2, 0.25) is 0 Å². The minimum atomic E-state index is -0.409. The zero-order chi connectivity index (χ0) is 16.2. The van der Waals surface area contributed by atoms with Crippen LogP contribution in [0.15, 0.2) is 30.5 Å². The predicted molar refractivity (Wildman–Crippen MR) is 84.3 cm³/mol. The lowest BCUT2D eigenvalue weighted by Crippen LogP contribution is -2.36. The smallest absolute Gasteiger partial charge is 0.255 e. The summed E-state index contributed by atoms with van der Waals surface area (Å²) in [6.07, 6.45) is 4.84. The number of aromatic nitrogens is 2. The molecule has 0 bridgehead atoms. The monoisotopic (exact) mass is 317 g/mol. The van der Waals surface area contributed by atoms with Gasteiger partial charge in [-0.25, -0.2) is 4.39 Å². The highest BCUT2D eigenvalue weighted by Crippen LogP contribution is 2.25. The van der Waals surface area contributed by atoms with Crippen LogP contribution in [0.4, 0.5) is 4.39 Å². The number of aliphatic hydroxyl groups is 1. The summed E-state index contributed by atoms with van der Waals surface area (Å²) in [5, 5.41) is 19.4. The molecule has 0 aliphatic heterocycles. The first-order chi connectivity index (χ1) is 11.2. The van der Waals surface area contributed by atoms with Crippen molar-refractivity contribution in [1.82, 2.24) is 15.5 Å². The number of H-pyrrole nitrogens is 1. The molecule has 1 saturated carbocycles. The molecule has 0 unspecified atom stereocenters. The second kappa shape index (κ2) is 6.91. The first kappa shape index (κ1) is 15.7. The Morgan fingerprint density at radius 3 is 2.91 bits per heavy atom. The van der Waals surface area contributed by atoms with Crippen molar-refractivity contribution in [3.8, 4) is 11.3 Å². The van der Waals surface area contributed by atoms with E-state index in [0.29, 0.717) is 23.4 Å². The summed E-state index contributed by atoms with van der Waals surface area (Å²) in [4.78, 5) is 12.4. The molecule has 0 saturated heterocycles. The molecule has 1 aromatic carbocycles. The molecule has 1 fully saturated rings. The van der Waals surface area contributed by atoms with Crippen molar-refractivity contribution in [1.29, 1.82) is 0 Å². The zero-order valence-corrected chi connectivity index (χ0v) is 12.8. The van der Waals surface area contributed by atoms with Crippen LogP contribution in [0.25, 0.3) is 11.3 Å². The van der Waals surface area contributed by atoms with Crippen molar-refractivity contribution in [3.05, 3.63) is 41.8 Å². The molecular weight excluding hydrogens is 297 g/mol. The van der Waals surface area contributed by atoms with Gasteiger partial charge in [0, 0.05) is 18.0 Å². The number of halogens is 1. The maximum Gasteiger partial charge on any atom is 0.255 e. The Balaban J connectivity index is 1.71. The van der Waals surface area contributed by atoms with Gasteiger partial charge in [-0.15, -0.1) is 0 Å². The van der Waals surface area contributed by atoms with E-state index in [1.54, 1.807) is 18.2 Å². The SMILES string of the molecule is O=C(NC[C@@H]1CCCC[C@@H]1O)c1cn[nH]c1-c1ccccc1F. The van der Waals surface area contributed by atoms with Crippen LogP contribution < -0.4 is 5.32 Å². The normalized spacial score (nSPS) is 21.1. The lowest BCUT2D eigenvalue weighted by atomic mass is 9.86. The van der Waals surface area contributed by atoms with Gasteiger partial charge in [0.05, 0.1) is 23.6 Å². The van der Waals surface area contributed by atoms with Crippen LogP contribution in [0.2, 0.25) is 0 Å². The van der Waals surface area contributed by atoms with E-state index in [0.717, 1.165) is 25.7 Å². The molecule has 6 heteroatoms. The molecule has 3 N–H and O–H groups in total.